The molecule has 32 heavy (non-hydrogen) atoms. The zero-order chi connectivity index (χ0) is 23.6. The average Bonchev–Trinajstić information content (AvgIpc) is 3.26. The molecule has 0 radical (unpaired) electrons. The zero-order valence-electron chi connectivity index (χ0n) is 18.7. The minimum absolute atomic E-state index is 0.0867. The first-order valence-electron chi connectivity index (χ1n) is 10.2. The molecule has 3 rings (SSSR count). The van der Waals surface area contributed by atoms with Crippen LogP contribution in [0.5, 0.6) is 0 Å². The Labute approximate surface area is 191 Å². The van der Waals surface area contributed by atoms with E-state index in [9.17, 15) is 4.79 Å². The molecule has 1 unspecified atom stereocenters. The van der Waals surface area contributed by atoms with Crippen molar-refractivity contribution in [3.63, 3.8) is 0 Å². The molecule has 1 saturated heterocycles. The summed E-state index contributed by atoms with van der Waals surface area (Å²) >= 11 is 5.24. The van der Waals surface area contributed by atoms with Crippen LogP contribution in [0.3, 0.4) is 0 Å². The number of rotatable bonds is 9. The molecule has 3 heterocycles. The van der Waals surface area contributed by atoms with Gasteiger partial charge in [0.2, 0.25) is 11.8 Å². The van der Waals surface area contributed by atoms with E-state index in [1.165, 1.54) is 0 Å². The number of anilines is 2. The molecule has 0 aliphatic carbocycles. The van der Waals surface area contributed by atoms with Crippen molar-refractivity contribution in [3.8, 4) is 0 Å². The normalized spacial score (nSPS) is 25.1. The van der Waals surface area contributed by atoms with Crippen molar-refractivity contribution < 1.29 is 23.2 Å². The number of nitrogens with one attached hydrogen (secondary N) is 1. The van der Waals surface area contributed by atoms with Gasteiger partial charge >= 0.3 is 5.97 Å². The maximum absolute atomic E-state index is 15.5. The molecule has 11 nitrogen and oxygen atoms in total. The summed E-state index contributed by atoms with van der Waals surface area (Å²) in [5.74, 6) is -2.04. The SMILES string of the molecule is CCOC(=O)[C@@H](C)N[PH](=S)OC[C@]1(F)C[C@H](C)[C@H](n2cnc3c(N(C)C)nc(N)nc32)O1. The van der Waals surface area contributed by atoms with Gasteiger partial charge in [0.25, 0.3) is 0 Å². The number of imidazole rings is 1. The summed E-state index contributed by atoms with van der Waals surface area (Å²) in [7, 11) is 1.58. The van der Waals surface area contributed by atoms with E-state index in [0.29, 0.717) is 17.0 Å². The van der Waals surface area contributed by atoms with Gasteiger partial charge in [0.1, 0.15) is 26.0 Å². The highest BCUT2D eigenvalue weighted by Crippen LogP contribution is 2.44. The molecule has 178 valence electrons. The molecule has 1 aliphatic heterocycles. The first-order chi connectivity index (χ1) is 15.0. The van der Waals surface area contributed by atoms with Gasteiger partial charge in [-0.15, -0.1) is 0 Å². The smallest absolute Gasteiger partial charge is 0.323 e. The number of fused-ring (bicyclic) bond motifs is 1. The predicted octanol–water partition coefficient (Wildman–Crippen LogP) is 1.76. The maximum atomic E-state index is 15.5. The van der Waals surface area contributed by atoms with E-state index in [1.54, 1.807) is 29.6 Å². The Morgan fingerprint density at radius 2 is 2.28 bits per heavy atom. The number of alkyl halides is 1. The Bertz CT molecular complexity index is 1010. The van der Waals surface area contributed by atoms with Crippen molar-refractivity contribution in [2.24, 2.45) is 5.92 Å². The van der Waals surface area contributed by atoms with E-state index in [2.05, 4.69) is 20.0 Å². The number of hydrogen-bond donors (Lipinski definition) is 2. The second kappa shape index (κ2) is 9.92. The predicted molar refractivity (Wildman–Crippen MR) is 123 cm³/mol. The van der Waals surface area contributed by atoms with Gasteiger partial charge in [-0.05, 0) is 13.8 Å². The topological polar surface area (TPSA) is 130 Å². The van der Waals surface area contributed by atoms with Crippen molar-refractivity contribution in [1.82, 2.24) is 24.6 Å². The third-order valence-electron chi connectivity index (χ3n) is 4.96. The van der Waals surface area contributed by atoms with Crippen LogP contribution in [0.1, 0.15) is 33.4 Å². The van der Waals surface area contributed by atoms with Crippen molar-refractivity contribution >= 4 is 47.8 Å². The van der Waals surface area contributed by atoms with Gasteiger partial charge < -0.3 is 24.6 Å². The van der Waals surface area contributed by atoms with Crippen molar-refractivity contribution in [2.75, 3.05) is 37.9 Å². The molecule has 1 fully saturated rings. The van der Waals surface area contributed by atoms with E-state index < -0.39 is 31.2 Å². The van der Waals surface area contributed by atoms with Crippen LogP contribution < -0.4 is 15.7 Å². The van der Waals surface area contributed by atoms with Gasteiger partial charge in [-0.3, -0.25) is 14.4 Å². The largest absolute Gasteiger partial charge is 0.465 e. The first kappa shape index (κ1) is 24.7. The fourth-order valence-corrected chi connectivity index (χ4v) is 5.13. The van der Waals surface area contributed by atoms with E-state index in [4.69, 9.17) is 31.5 Å². The van der Waals surface area contributed by atoms with Gasteiger partial charge in [-0.1, -0.05) is 18.7 Å². The number of carbonyl (C=O) groups is 1. The quantitative estimate of drug-likeness (QED) is 0.395. The molecule has 1 aliphatic rings. The van der Waals surface area contributed by atoms with Gasteiger partial charge in [-0.25, -0.2) is 9.37 Å². The van der Waals surface area contributed by atoms with Crippen LogP contribution in [0, 0.1) is 5.92 Å². The van der Waals surface area contributed by atoms with Crippen LogP contribution in [0.2, 0.25) is 0 Å². The Kier molecular flexibility index (Phi) is 7.66. The summed E-state index contributed by atoms with van der Waals surface area (Å²) in [5, 5.41) is 2.85. The monoisotopic (exact) mass is 489 g/mol. The van der Waals surface area contributed by atoms with Crippen molar-refractivity contribution in [3.05, 3.63) is 6.33 Å². The van der Waals surface area contributed by atoms with E-state index in [1.807, 2.05) is 21.0 Å². The second-order valence-electron chi connectivity index (χ2n) is 7.89. The number of hydrogen-bond acceptors (Lipinski definition) is 10. The molecule has 2 aromatic rings. The summed E-state index contributed by atoms with van der Waals surface area (Å²) in [6.07, 6.45) is 0.978. The number of carbonyl (C=O) groups excluding carboxylic acids is 1. The van der Waals surface area contributed by atoms with Gasteiger partial charge in [-0.2, -0.15) is 9.97 Å². The summed E-state index contributed by atoms with van der Waals surface area (Å²) in [5.41, 5.74) is 6.87. The number of ether oxygens (including phenoxy) is 2. The van der Waals surface area contributed by atoms with Crippen LogP contribution in [0.4, 0.5) is 16.2 Å². The minimum atomic E-state index is -2.07. The number of esters is 1. The van der Waals surface area contributed by atoms with E-state index >= 15 is 4.39 Å². The van der Waals surface area contributed by atoms with E-state index in [0.717, 1.165) is 0 Å². The molecule has 0 aromatic carbocycles. The third-order valence-corrected chi connectivity index (χ3v) is 6.74. The second-order valence-corrected chi connectivity index (χ2v) is 10.2. The molecular formula is C18H29FN7O4PS. The number of nitrogens with two attached hydrogens (primary N) is 1. The molecule has 5 atom stereocenters. The lowest BCUT2D eigenvalue weighted by atomic mass is 10.1. The zero-order valence-corrected chi connectivity index (χ0v) is 20.5. The summed E-state index contributed by atoms with van der Waals surface area (Å²) in [4.78, 5) is 26.4. The Hall–Kier alpha value is -1.92. The lowest BCUT2D eigenvalue weighted by Crippen LogP contribution is -2.33. The summed E-state index contributed by atoms with van der Waals surface area (Å²) in [6.45, 7) is 5.11. The van der Waals surface area contributed by atoms with Gasteiger partial charge in [0.05, 0.1) is 12.9 Å². The lowest BCUT2D eigenvalue weighted by molar-refractivity contribution is -0.171. The highest BCUT2D eigenvalue weighted by molar-refractivity contribution is 8.02. The molecular weight excluding hydrogens is 460 g/mol. The fraction of sp³-hybridized carbons (Fsp3) is 0.667. The molecule has 0 saturated carbocycles. The van der Waals surface area contributed by atoms with E-state index in [-0.39, 0.29) is 31.5 Å². The minimum Gasteiger partial charge on any atom is -0.465 e. The van der Waals surface area contributed by atoms with Crippen LogP contribution in [0.25, 0.3) is 11.2 Å². The van der Waals surface area contributed by atoms with Crippen molar-refractivity contribution in [2.45, 2.75) is 45.3 Å². The maximum Gasteiger partial charge on any atom is 0.323 e. The summed E-state index contributed by atoms with van der Waals surface area (Å²) < 4.78 is 33.3. The average molecular weight is 490 g/mol. The molecule has 14 heteroatoms. The van der Waals surface area contributed by atoms with Crippen LogP contribution >= 0.6 is 7.07 Å². The molecule has 3 N–H and O–H groups in total. The number of nitrogen functional groups attached to an aromatic ring is 1. The lowest BCUT2D eigenvalue weighted by Gasteiger charge is -2.22. The number of nitrogens with zero attached hydrogens (tertiary/aromatic N) is 5. The molecule has 0 amide bonds. The highest BCUT2D eigenvalue weighted by Gasteiger charge is 2.47. The molecule has 2 aromatic heterocycles. The molecule has 0 bridgehead atoms. The highest BCUT2D eigenvalue weighted by atomic mass is 32.4. The Morgan fingerprint density at radius 1 is 1.56 bits per heavy atom. The molecule has 0 spiro atoms. The Balaban J connectivity index is 1.70. The third kappa shape index (κ3) is 5.34. The first-order valence-corrected chi connectivity index (χ1v) is 12.7. The Morgan fingerprint density at radius 3 is 2.94 bits per heavy atom. The van der Waals surface area contributed by atoms with Crippen LogP contribution in [-0.2, 0) is 30.6 Å². The van der Waals surface area contributed by atoms with Crippen LogP contribution in [-0.4, -0.2) is 64.7 Å². The van der Waals surface area contributed by atoms with Gasteiger partial charge in [0.15, 0.2) is 17.0 Å². The van der Waals surface area contributed by atoms with Crippen LogP contribution in [0.15, 0.2) is 6.33 Å². The summed E-state index contributed by atoms with van der Waals surface area (Å²) in [6, 6.07) is -0.638. The number of halogens is 1. The standard InChI is InChI=1S/C18H29FN7O4PS/c1-6-28-16(27)11(3)24-31(32)29-8-18(19)7-10(2)15(30-18)26-9-21-12-13(25(4)5)22-17(20)23-14(12)26/h9-11,15,31H,6-8H2,1-5H3,(H,24,32)(H2,20,22,23)/t10-,11+,15+,18-/m0/s1. The number of aromatic nitrogens is 4. The van der Waals surface area contributed by atoms with Gasteiger partial charge in [0, 0.05) is 26.4 Å². The van der Waals surface area contributed by atoms with Crippen molar-refractivity contribution in [1.29, 1.82) is 0 Å². The fourth-order valence-electron chi connectivity index (χ4n) is 3.52.